The molecule has 1 aromatic carbocycles. The van der Waals surface area contributed by atoms with Gasteiger partial charge in [-0.2, -0.15) is 0 Å². The van der Waals surface area contributed by atoms with Gasteiger partial charge in [0.1, 0.15) is 12.4 Å². The van der Waals surface area contributed by atoms with E-state index in [1.165, 1.54) is 11.1 Å². The number of benzene rings is 1. The van der Waals surface area contributed by atoms with E-state index in [0.717, 1.165) is 50.9 Å². The van der Waals surface area contributed by atoms with Gasteiger partial charge in [0.2, 0.25) is 0 Å². The summed E-state index contributed by atoms with van der Waals surface area (Å²) < 4.78 is 11.1. The van der Waals surface area contributed by atoms with Crippen molar-refractivity contribution >= 4 is 5.96 Å². The van der Waals surface area contributed by atoms with Crippen LogP contribution in [-0.4, -0.2) is 57.9 Å². The van der Waals surface area contributed by atoms with Crippen LogP contribution in [0.2, 0.25) is 0 Å². The molecule has 1 aliphatic rings. The van der Waals surface area contributed by atoms with Gasteiger partial charge in [0.15, 0.2) is 5.96 Å². The zero-order valence-corrected chi connectivity index (χ0v) is 15.0. The molecular weight excluding hydrogens is 302 g/mol. The number of ether oxygens (including phenoxy) is 2. The number of aryl methyl sites for hydroxylation is 1. The molecule has 0 fully saturated rings. The van der Waals surface area contributed by atoms with Crippen LogP contribution in [0.25, 0.3) is 0 Å². The Bertz CT molecular complexity index is 552. The number of hydrogen-bond donors (Lipinski definition) is 1. The van der Waals surface area contributed by atoms with Crippen molar-refractivity contribution in [2.24, 2.45) is 4.99 Å². The van der Waals surface area contributed by atoms with Gasteiger partial charge in [-0.05, 0) is 31.9 Å². The van der Waals surface area contributed by atoms with Gasteiger partial charge in [-0.25, -0.2) is 0 Å². The van der Waals surface area contributed by atoms with Crippen LogP contribution in [0, 0.1) is 6.92 Å². The summed E-state index contributed by atoms with van der Waals surface area (Å²) in [6, 6.07) is 8.13. The Balaban J connectivity index is 1.67. The smallest absolute Gasteiger partial charge is 0.193 e. The van der Waals surface area contributed by atoms with Gasteiger partial charge in [0.05, 0.1) is 19.8 Å². The number of rotatable bonds is 7. The molecule has 0 saturated carbocycles. The lowest BCUT2D eigenvalue weighted by atomic mass is 10.1. The SMILES string of the molecule is CN=C(NCCC1=CCOCC1)N(C)CCOc1ccc(C)cc1. The number of hydrogen-bond acceptors (Lipinski definition) is 3. The molecule has 2 rings (SSSR count). The Morgan fingerprint density at radius 2 is 2.12 bits per heavy atom. The van der Waals surface area contributed by atoms with Gasteiger partial charge in [-0.1, -0.05) is 29.3 Å². The summed E-state index contributed by atoms with van der Waals surface area (Å²) in [6.45, 7) is 5.97. The quantitative estimate of drug-likeness (QED) is 0.474. The molecule has 132 valence electrons. The maximum absolute atomic E-state index is 5.78. The highest BCUT2D eigenvalue weighted by atomic mass is 16.5. The summed E-state index contributed by atoms with van der Waals surface area (Å²) in [5, 5.41) is 3.41. The Hall–Kier alpha value is -2.01. The van der Waals surface area contributed by atoms with Crippen LogP contribution in [-0.2, 0) is 4.74 Å². The number of guanidine groups is 1. The minimum Gasteiger partial charge on any atom is -0.492 e. The summed E-state index contributed by atoms with van der Waals surface area (Å²) in [5.41, 5.74) is 2.71. The fourth-order valence-electron chi connectivity index (χ4n) is 2.55. The summed E-state index contributed by atoms with van der Waals surface area (Å²) in [6.07, 6.45) is 4.27. The molecule has 24 heavy (non-hydrogen) atoms. The predicted octanol–water partition coefficient (Wildman–Crippen LogP) is 2.62. The molecule has 0 unspecified atom stereocenters. The standard InChI is InChI=1S/C19H29N3O2/c1-16-4-6-18(7-5-16)24-15-12-22(3)19(20-2)21-11-8-17-9-13-23-14-10-17/h4-7,9H,8,10-15H2,1-3H3,(H,20,21). The van der Waals surface area contributed by atoms with Crippen LogP contribution in [0.5, 0.6) is 5.75 Å². The van der Waals surface area contributed by atoms with Crippen molar-refractivity contribution in [1.82, 2.24) is 10.2 Å². The fourth-order valence-corrected chi connectivity index (χ4v) is 2.55. The van der Waals surface area contributed by atoms with E-state index in [4.69, 9.17) is 9.47 Å². The summed E-state index contributed by atoms with van der Waals surface area (Å²) in [7, 11) is 3.84. The minimum atomic E-state index is 0.628. The van der Waals surface area contributed by atoms with Crippen molar-refractivity contribution in [2.45, 2.75) is 19.8 Å². The number of likely N-dealkylation sites (N-methyl/N-ethyl adjacent to an activating group) is 1. The third-order valence-corrected chi connectivity index (χ3v) is 4.08. The molecular formula is C19H29N3O2. The number of aliphatic imine (C=N–C) groups is 1. The van der Waals surface area contributed by atoms with E-state index in [0.29, 0.717) is 6.61 Å². The molecule has 1 aromatic rings. The number of nitrogens with zero attached hydrogens (tertiary/aromatic N) is 2. The van der Waals surface area contributed by atoms with Crippen molar-refractivity contribution < 1.29 is 9.47 Å². The molecule has 0 aliphatic carbocycles. The van der Waals surface area contributed by atoms with E-state index in [1.807, 2.05) is 26.2 Å². The second kappa shape index (κ2) is 9.98. The molecule has 0 radical (unpaired) electrons. The summed E-state index contributed by atoms with van der Waals surface area (Å²) >= 11 is 0. The highest BCUT2D eigenvalue weighted by Gasteiger charge is 2.07. The Morgan fingerprint density at radius 3 is 2.79 bits per heavy atom. The molecule has 1 heterocycles. The van der Waals surface area contributed by atoms with Gasteiger partial charge in [0, 0.05) is 20.6 Å². The zero-order chi connectivity index (χ0) is 17.2. The topological polar surface area (TPSA) is 46.1 Å². The maximum atomic E-state index is 5.78. The molecule has 0 amide bonds. The van der Waals surface area contributed by atoms with Gasteiger partial charge < -0.3 is 19.7 Å². The molecule has 0 spiro atoms. The van der Waals surface area contributed by atoms with Crippen molar-refractivity contribution in [3.63, 3.8) is 0 Å². The Labute approximate surface area is 145 Å². The first-order chi connectivity index (χ1) is 11.7. The zero-order valence-electron chi connectivity index (χ0n) is 15.0. The first kappa shape index (κ1) is 18.3. The third kappa shape index (κ3) is 6.24. The van der Waals surface area contributed by atoms with Crippen LogP contribution in [0.15, 0.2) is 40.9 Å². The average molecular weight is 331 g/mol. The van der Waals surface area contributed by atoms with Crippen LogP contribution in [0.1, 0.15) is 18.4 Å². The fraction of sp³-hybridized carbons (Fsp3) is 0.526. The molecule has 0 saturated heterocycles. The normalized spacial score (nSPS) is 15.0. The largest absolute Gasteiger partial charge is 0.492 e. The minimum absolute atomic E-state index is 0.628. The third-order valence-electron chi connectivity index (χ3n) is 4.08. The highest BCUT2D eigenvalue weighted by molar-refractivity contribution is 5.79. The van der Waals surface area contributed by atoms with Gasteiger partial charge in [0.25, 0.3) is 0 Å². The lowest BCUT2D eigenvalue weighted by Crippen LogP contribution is -2.41. The first-order valence-corrected chi connectivity index (χ1v) is 8.56. The molecule has 0 aromatic heterocycles. The van der Waals surface area contributed by atoms with Gasteiger partial charge >= 0.3 is 0 Å². The first-order valence-electron chi connectivity index (χ1n) is 8.56. The highest BCUT2D eigenvalue weighted by Crippen LogP contribution is 2.12. The van der Waals surface area contributed by atoms with Crippen LogP contribution < -0.4 is 10.1 Å². The molecule has 5 heteroatoms. The summed E-state index contributed by atoms with van der Waals surface area (Å²) in [5.74, 6) is 1.80. The molecule has 1 N–H and O–H groups in total. The monoisotopic (exact) mass is 331 g/mol. The molecule has 1 aliphatic heterocycles. The van der Waals surface area contributed by atoms with E-state index < -0.39 is 0 Å². The van der Waals surface area contributed by atoms with Crippen LogP contribution in [0.3, 0.4) is 0 Å². The van der Waals surface area contributed by atoms with Gasteiger partial charge in [-0.3, -0.25) is 4.99 Å². The van der Waals surface area contributed by atoms with Gasteiger partial charge in [-0.15, -0.1) is 0 Å². The van der Waals surface area contributed by atoms with E-state index in [9.17, 15) is 0 Å². The van der Waals surface area contributed by atoms with Crippen molar-refractivity contribution in [3.05, 3.63) is 41.5 Å². The van der Waals surface area contributed by atoms with Crippen molar-refractivity contribution in [1.29, 1.82) is 0 Å². The maximum Gasteiger partial charge on any atom is 0.193 e. The van der Waals surface area contributed by atoms with Crippen LogP contribution >= 0.6 is 0 Å². The second-order valence-electron chi connectivity index (χ2n) is 5.99. The predicted molar refractivity (Wildman–Crippen MR) is 98.8 cm³/mol. The summed E-state index contributed by atoms with van der Waals surface area (Å²) in [4.78, 5) is 6.43. The average Bonchev–Trinajstić information content (AvgIpc) is 2.61. The molecule has 5 nitrogen and oxygen atoms in total. The number of nitrogens with one attached hydrogen (secondary N) is 1. The lowest BCUT2D eigenvalue weighted by molar-refractivity contribution is 0.153. The van der Waals surface area contributed by atoms with Crippen LogP contribution in [0.4, 0.5) is 0 Å². The van der Waals surface area contributed by atoms with E-state index in [-0.39, 0.29) is 0 Å². The van der Waals surface area contributed by atoms with Crippen molar-refractivity contribution in [2.75, 3.05) is 47.0 Å². The molecule has 0 bridgehead atoms. The Kier molecular flexibility index (Phi) is 7.62. The Morgan fingerprint density at radius 1 is 1.33 bits per heavy atom. The van der Waals surface area contributed by atoms with E-state index >= 15 is 0 Å². The second-order valence-corrected chi connectivity index (χ2v) is 5.99. The molecule has 0 atom stereocenters. The lowest BCUT2D eigenvalue weighted by Gasteiger charge is -2.22. The van der Waals surface area contributed by atoms with E-state index in [2.05, 4.69) is 40.3 Å². The van der Waals surface area contributed by atoms with E-state index in [1.54, 1.807) is 0 Å². The van der Waals surface area contributed by atoms with Crippen molar-refractivity contribution in [3.8, 4) is 5.75 Å².